The van der Waals surface area contributed by atoms with Crippen LogP contribution in [0.2, 0.25) is 0 Å². The Balaban J connectivity index is 0.000000415. The van der Waals surface area contributed by atoms with Crippen molar-refractivity contribution in [2.24, 2.45) is 0 Å². The van der Waals surface area contributed by atoms with Gasteiger partial charge in [0.25, 0.3) is 0 Å². The molecule has 0 N–H and O–H groups in total. The van der Waals surface area contributed by atoms with Gasteiger partial charge in [-0.2, -0.15) is 0 Å². The van der Waals surface area contributed by atoms with E-state index in [1.165, 1.54) is 44.0 Å². The molecule has 0 heterocycles. The topological polar surface area (TPSA) is 58.6 Å². The minimum Gasteiger partial charge on any atom is -0.591 e. The number of hydrogen-bond acceptors (Lipinski definition) is 4. The van der Waals surface area contributed by atoms with Crippen LogP contribution in [0.1, 0.15) is 22.3 Å². The Morgan fingerprint density at radius 2 is 0.976 bits per heavy atom. The van der Waals surface area contributed by atoms with E-state index in [2.05, 4.69) is 113 Å². The molecular weight excluding hydrogens is 604 g/mol. The molecule has 208 valence electrons. The summed E-state index contributed by atoms with van der Waals surface area (Å²) >= 11 is 0. The summed E-state index contributed by atoms with van der Waals surface area (Å²) in [6.07, 6.45) is 0. The molecule has 0 aliphatic carbocycles. The number of aryl methyl sites for hydroxylation is 4. The molecule has 0 amide bonds. The van der Waals surface area contributed by atoms with Gasteiger partial charge in [-0.1, -0.05) is 107 Å². The second kappa shape index (κ2) is 17.5. The first-order chi connectivity index (χ1) is 19.8. The average molecular weight is 638 g/mol. The summed E-state index contributed by atoms with van der Waals surface area (Å²) < 4.78 is 22.3. The zero-order chi connectivity index (χ0) is 29.2. The quantitative estimate of drug-likeness (QED) is 0.185. The van der Waals surface area contributed by atoms with Crippen molar-refractivity contribution in [3.8, 4) is 22.6 Å². The van der Waals surface area contributed by atoms with E-state index < -0.39 is 8.03 Å². The molecule has 0 saturated carbocycles. The van der Waals surface area contributed by atoms with Crippen LogP contribution in [-0.2, 0) is 4.57 Å². The fraction of sp³-hybridized carbons (Fsp3) is 0.118. The molecule has 5 aromatic rings. The van der Waals surface area contributed by atoms with Gasteiger partial charge in [0.05, 0.1) is 0 Å². The van der Waals surface area contributed by atoms with Gasteiger partial charge in [-0.25, -0.2) is 0 Å². The van der Waals surface area contributed by atoms with Gasteiger partial charge in [-0.15, -0.1) is 0 Å². The van der Waals surface area contributed by atoms with Gasteiger partial charge in [0.2, 0.25) is 0 Å². The third kappa shape index (κ3) is 10.8. The van der Waals surface area contributed by atoms with Gasteiger partial charge in [0.15, 0.2) is 5.30 Å². The summed E-state index contributed by atoms with van der Waals surface area (Å²) in [5, 5.41) is 2.75. The molecule has 0 radical (unpaired) electrons. The van der Waals surface area contributed by atoms with Crippen molar-refractivity contribution in [1.82, 2.24) is 0 Å². The first-order valence-corrected chi connectivity index (χ1v) is 16.2. The SMILES string of the molecule is Cc1ccc(OPc2ccc(-c3ccc(POc4ccc(C)cc4C)cc3)cc2)c(C)c1.O=[P+]([O-])c1ccccc1.[K+]. The maximum Gasteiger partial charge on any atom is 1.00 e. The van der Waals surface area contributed by atoms with E-state index in [0.717, 1.165) is 11.5 Å². The minimum absolute atomic E-state index is 0. The summed E-state index contributed by atoms with van der Waals surface area (Å²) in [6, 6.07) is 38.1. The molecule has 0 aliphatic rings. The van der Waals surface area contributed by atoms with Gasteiger partial charge >= 0.3 is 59.4 Å². The maximum absolute atomic E-state index is 10.2. The number of benzene rings is 5. The number of rotatable bonds is 8. The Hall–Kier alpha value is -1.74. The Kier molecular flexibility index (Phi) is 14.5. The molecule has 0 fully saturated rings. The molecule has 0 aromatic heterocycles. The van der Waals surface area contributed by atoms with Crippen molar-refractivity contribution in [2.75, 3.05) is 0 Å². The van der Waals surface area contributed by atoms with Crippen LogP contribution in [0.25, 0.3) is 11.1 Å². The largest absolute Gasteiger partial charge is 1.00 e. The first kappa shape index (κ1) is 34.7. The number of hydrogen-bond donors (Lipinski definition) is 0. The van der Waals surface area contributed by atoms with Crippen LogP contribution in [0.15, 0.2) is 115 Å². The van der Waals surface area contributed by atoms with Crippen LogP contribution in [-0.4, -0.2) is 0 Å². The van der Waals surface area contributed by atoms with Crippen LogP contribution in [0.4, 0.5) is 0 Å². The van der Waals surface area contributed by atoms with E-state index in [-0.39, 0.29) is 51.4 Å². The predicted octanol–water partition coefficient (Wildman–Crippen LogP) is 4.60. The first-order valence-electron chi connectivity index (χ1n) is 13.2. The molecule has 0 spiro atoms. The van der Waals surface area contributed by atoms with Crippen molar-refractivity contribution >= 4 is 41.6 Å². The Morgan fingerprint density at radius 3 is 1.31 bits per heavy atom. The molecule has 42 heavy (non-hydrogen) atoms. The third-order valence-corrected chi connectivity index (χ3v) is 8.79. The Labute approximate surface area is 296 Å². The molecule has 4 nitrogen and oxygen atoms in total. The molecule has 0 bridgehead atoms. The Morgan fingerprint density at radius 1 is 0.571 bits per heavy atom. The molecule has 5 rings (SSSR count). The summed E-state index contributed by atoms with van der Waals surface area (Å²) in [4.78, 5) is 10.2. The summed E-state index contributed by atoms with van der Waals surface area (Å²) in [7, 11) is -1.80. The molecule has 8 heteroatoms. The monoisotopic (exact) mass is 637 g/mol. The van der Waals surface area contributed by atoms with E-state index >= 15 is 0 Å². The Bertz CT molecular complexity index is 1500. The molecule has 5 aromatic carbocycles. The van der Waals surface area contributed by atoms with Crippen LogP contribution < -0.4 is 81.2 Å². The van der Waals surface area contributed by atoms with E-state index in [9.17, 15) is 9.46 Å². The van der Waals surface area contributed by atoms with Gasteiger partial charge in [0, 0.05) is 10.6 Å². The van der Waals surface area contributed by atoms with Crippen molar-refractivity contribution in [2.45, 2.75) is 27.7 Å². The van der Waals surface area contributed by atoms with E-state index in [1.54, 1.807) is 30.3 Å². The van der Waals surface area contributed by atoms with E-state index in [4.69, 9.17) is 9.05 Å². The zero-order valence-electron chi connectivity index (χ0n) is 24.5. The van der Waals surface area contributed by atoms with E-state index in [1.807, 2.05) is 0 Å². The molecule has 3 unspecified atom stereocenters. The van der Waals surface area contributed by atoms with Crippen molar-refractivity contribution in [3.63, 3.8) is 0 Å². The summed E-state index contributed by atoms with van der Waals surface area (Å²) in [5.74, 6) is 1.91. The molecular formula is C34H33KO4P3+. The van der Waals surface area contributed by atoms with Crippen LogP contribution >= 0.6 is 25.6 Å². The maximum atomic E-state index is 10.2. The zero-order valence-corrected chi connectivity index (χ0v) is 30.6. The minimum atomic E-state index is -2.40. The fourth-order valence-corrected chi connectivity index (χ4v) is 6.00. The van der Waals surface area contributed by atoms with Crippen LogP contribution in [0, 0.1) is 27.7 Å². The van der Waals surface area contributed by atoms with Gasteiger partial charge < -0.3 is 13.9 Å². The molecule has 3 atom stereocenters. The summed E-state index contributed by atoms with van der Waals surface area (Å²) in [6.45, 7) is 8.38. The second-order valence-corrected chi connectivity index (χ2v) is 12.7. The predicted molar refractivity (Wildman–Crippen MR) is 175 cm³/mol. The van der Waals surface area contributed by atoms with Gasteiger partial charge in [0.1, 0.15) is 29.1 Å². The van der Waals surface area contributed by atoms with Crippen LogP contribution in [0.3, 0.4) is 0 Å². The smallest absolute Gasteiger partial charge is 0.591 e. The van der Waals surface area contributed by atoms with Crippen LogP contribution in [0.5, 0.6) is 11.5 Å². The third-order valence-electron chi connectivity index (χ3n) is 6.29. The average Bonchev–Trinajstić information content (AvgIpc) is 2.98. The normalized spacial score (nSPS) is 11.1. The van der Waals surface area contributed by atoms with Crippen molar-refractivity contribution in [3.05, 3.63) is 138 Å². The molecule has 0 saturated heterocycles. The van der Waals surface area contributed by atoms with Gasteiger partial charge in [-0.05, 0) is 74.2 Å². The molecule has 0 aliphatic heterocycles. The standard InChI is InChI=1S/C28H28O2P2.C6H5O2P.K/c1-19-5-15-27(21(3)17-19)29-31-25-11-7-23(8-12-25)24-9-13-26(14-10-24)32-30-28-16-6-20(2)18-22(28)4;7-9(8)6-4-2-1-3-5-6;/h5-18,31-32H,1-4H3;1-5H;/q;;+1. The van der Waals surface area contributed by atoms with Crippen molar-refractivity contribution in [1.29, 1.82) is 0 Å². The second-order valence-electron chi connectivity index (χ2n) is 9.69. The van der Waals surface area contributed by atoms with Gasteiger partial charge in [-0.3, -0.25) is 0 Å². The summed E-state index contributed by atoms with van der Waals surface area (Å²) in [5.41, 5.74) is 7.27. The van der Waals surface area contributed by atoms with E-state index in [0.29, 0.717) is 22.9 Å². The fourth-order valence-electron chi connectivity index (χ4n) is 4.07. The van der Waals surface area contributed by atoms with Crippen molar-refractivity contribution < 1.29 is 69.9 Å².